The van der Waals surface area contributed by atoms with Gasteiger partial charge in [0, 0.05) is 31.7 Å². The Hall–Kier alpha value is -3.01. The second-order valence-electron chi connectivity index (χ2n) is 6.48. The van der Waals surface area contributed by atoms with E-state index in [0.29, 0.717) is 13.1 Å². The van der Waals surface area contributed by atoms with Crippen molar-refractivity contribution in [2.75, 3.05) is 38.2 Å². The molecule has 0 N–H and O–H groups in total. The second-order valence-corrected chi connectivity index (χ2v) is 6.48. The monoisotopic (exact) mass is 346 g/mol. The van der Waals surface area contributed by atoms with Crippen molar-refractivity contribution in [1.29, 1.82) is 0 Å². The molecule has 0 atom stereocenters. The Morgan fingerprint density at radius 2 is 1.54 bits per heavy atom. The van der Waals surface area contributed by atoms with Crippen LogP contribution in [-0.4, -0.2) is 44.1 Å². The van der Waals surface area contributed by atoms with E-state index in [-0.39, 0.29) is 5.91 Å². The summed E-state index contributed by atoms with van der Waals surface area (Å²) >= 11 is 0. The van der Waals surface area contributed by atoms with Gasteiger partial charge in [-0.2, -0.15) is 0 Å². The smallest absolute Gasteiger partial charge is 0.254 e. The average molecular weight is 346 g/mol. The van der Waals surface area contributed by atoms with Crippen LogP contribution in [-0.2, 0) is 0 Å². The molecule has 1 saturated heterocycles. The molecule has 1 aliphatic rings. The summed E-state index contributed by atoms with van der Waals surface area (Å²) in [7, 11) is 1.69. The highest BCUT2D eigenvalue weighted by atomic mass is 16.5. The molecule has 0 spiro atoms. The van der Waals surface area contributed by atoms with Crippen molar-refractivity contribution in [1.82, 2.24) is 4.90 Å². The van der Waals surface area contributed by atoms with E-state index in [1.165, 1.54) is 0 Å². The number of anilines is 1. The standard InChI is InChI=1S/C22H22N2O2/c1-26-21-12-5-4-11-20(21)23-13-15-24(16-14-23)22(25)19-10-6-8-17-7-2-3-9-18(17)19/h2-12H,13-16H2,1H3. The molecule has 1 amide bonds. The van der Waals surface area contributed by atoms with Gasteiger partial charge >= 0.3 is 0 Å². The van der Waals surface area contributed by atoms with E-state index in [9.17, 15) is 4.79 Å². The van der Waals surface area contributed by atoms with E-state index in [0.717, 1.165) is 40.9 Å². The number of fused-ring (bicyclic) bond motifs is 1. The Bertz CT molecular complexity index is 925. The highest BCUT2D eigenvalue weighted by molar-refractivity contribution is 6.07. The van der Waals surface area contributed by atoms with E-state index in [1.807, 2.05) is 65.6 Å². The van der Waals surface area contributed by atoms with Gasteiger partial charge in [-0.15, -0.1) is 0 Å². The third-order valence-electron chi connectivity index (χ3n) is 5.01. The van der Waals surface area contributed by atoms with Crippen molar-refractivity contribution < 1.29 is 9.53 Å². The number of carbonyl (C=O) groups excluding carboxylic acids is 1. The summed E-state index contributed by atoms with van der Waals surface area (Å²) in [4.78, 5) is 17.3. The Morgan fingerprint density at radius 1 is 0.846 bits per heavy atom. The van der Waals surface area contributed by atoms with Crippen molar-refractivity contribution in [3.8, 4) is 5.75 Å². The van der Waals surface area contributed by atoms with Gasteiger partial charge in [-0.1, -0.05) is 48.5 Å². The fraction of sp³-hybridized carbons (Fsp3) is 0.227. The first kappa shape index (κ1) is 16.5. The number of ether oxygens (including phenoxy) is 1. The molecule has 0 aliphatic carbocycles. The summed E-state index contributed by atoms with van der Waals surface area (Å²) in [5.41, 5.74) is 1.88. The van der Waals surface area contributed by atoms with Gasteiger partial charge < -0.3 is 14.5 Å². The molecule has 1 heterocycles. The molecule has 3 aromatic carbocycles. The van der Waals surface area contributed by atoms with E-state index >= 15 is 0 Å². The number of piperazine rings is 1. The zero-order chi connectivity index (χ0) is 17.9. The lowest BCUT2D eigenvalue weighted by Crippen LogP contribution is -2.48. The second kappa shape index (κ2) is 7.08. The van der Waals surface area contributed by atoms with Crippen LogP contribution in [0, 0.1) is 0 Å². The van der Waals surface area contributed by atoms with Crippen LogP contribution in [0.15, 0.2) is 66.7 Å². The van der Waals surface area contributed by atoms with Gasteiger partial charge in [0.2, 0.25) is 0 Å². The zero-order valence-electron chi connectivity index (χ0n) is 14.9. The van der Waals surface area contributed by atoms with Gasteiger partial charge in [-0.05, 0) is 29.0 Å². The lowest BCUT2D eigenvalue weighted by Gasteiger charge is -2.36. The quantitative estimate of drug-likeness (QED) is 0.723. The number of carbonyl (C=O) groups is 1. The molecule has 0 unspecified atom stereocenters. The largest absolute Gasteiger partial charge is 0.495 e. The summed E-state index contributed by atoms with van der Waals surface area (Å²) in [6.45, 7) is 3.02. The van der Waals surface area contributed by atoms with Gasteiger partial charge in [0.1, 0.15) is 5.75 Å². The van der Waals surface area contributed by atoms with Crippen LogP contribution < -0.4 is 9.64 Å². The maximum absolute atomic E-state index is 13.1. The molecule has 4 rings (SSSR count). The van der Waals surface area contributed by atoms with Crippen molar-refractivity contribution >= 4 is 22.4 Å². The minimum atomic E-state index is 0.112. The molecule has 1 fully saturated rings. The van der Waals surface area contributed by atoms with E-state index in [4.69, 9.17) is 4.74 Å². The maximum atomic E-state index is 13.1. The SMILES string of the molecule is COc1ccccc1N1CCN(C(=O)c2cccc3ccccc23)CC1. The lowest BCUT2D eigenvalue weighted by molar-refractivity contribution is 0.0748. The van der Waals surface area contributed by atoms with Gasteiger partial charge in [-0.3, -0.25) is 4.79 Å². The van der Waals surface area contributed by atoms with Gasteiger partial charge in [0.15, 0.2) is 0 Å². The number of methoxy groups -OCH3 is 1. The average Bonchev–Trinajstić information content (AvgIpc) is 2.73. The molecule has 26 heavy (non-hydrogen) atoms. The van der Waals surface area contributed by atoms with Crippen LogP contribution in [0.2, 0.25) is 0 Å². The first-order chi connectivity index (χ1) is 12.8. The molecule has 0 saturated carbocycles. The number of hydrogen-bond donors (Lipinski definition) is 0. The maximum Gasteiger partial charge on any atom is 0.254 e. The fourth-order valence-corrected chi connectivity index (χ4v) is 3.62. The molecular weight excluding hydrogens is 324 g/mol. The van der Waals surface area contributed by atoms with Crippen LogP contribution >= 0.6 is 0 Å². The molecule has 0 radical (unpaired) electrons. The van der Waals surface area contributed by atoms with Crippen LogP contribution in [0.4, 0.5) is 5.69 Å². The van der Waals surface area contributed by atoms with Crippen LogP contribution in [0.5, 0.6) is 5.75 Å². The zero-order valence-corrected chi connectivity index (χ0v) is 14.9. The number of hydrogen-bond acceptors (Lipinski definition) is 3. The molecule has 132 valence electrons. The number of rotatable bonds is 3. The van der Waals surface area contributed by atoms with Gasteiger partial charge in [0.05, 0.1) is 12.8 Å². The minimum absolute atomic E-state index is 0.112. The van der Waals surface area contributed by atoms with Crippen molar-refractivity contribution in [3.05, 3.63) is 72.3 Å². The van der Waals surface area contributed by atoms with Crippen molar-refractivity contribution in [2.45, 2.75) is 0 Å². The predicted octanol–water partition coefficient (Wildman–Crippen LogP) is 3.81. The first-order valence-corrected chi connectivity index (χ1v) is 8.93. The molecule has 0 aromatic heterocycles. The lowest BCUT2D eigenvalue weighted by atomic mass is 10.0. The summed E-state index contributed by atoms with van der Waals surface area (Å²) in [6.07, 6.45) is 0. The molecule has 3 aromatic rings. The third-order valence-corrected chi connectivity index (χ3v) is 5.01. The number of nitrogens with zero attached hydrogens (tertiary/aromatic N) is 2. The molecule has 4 heteroatoms. The summed E-state index contributed by atoms with van der Waals surface area (Å²) < 4.78 is 5.47. The van der Waals surface area contributed by atoms with Crippen LogP contribution in [0.3, 0.4) is 0 Å². The Kier molecular flexibility index (Phi) is 4.48. The Labute approximate surface area is 153 Å². The van der Waals surface area contributed by atoms with E-state index in [2.05, 4.69) is 11.0 Å². The Morgan fingerprint density at radius 3 is 2.35 bits per heavy atom. The Balaban J connectivity index is 1.52. The van der Waals surface area contributed by atoms with E-state index < -0.39 is 0 Å². The molecule has 1 aliphatic heterocycles. The number of benzene rings is 3. The van der Waals surface area contributed by atoms with Crippen molar-refractivity contribution in [3.63, 3.8) is 0 Å². The summed E-state index contributed by atoms with van der Waals surface area (Å²) in [6, 6.07) is 22.0. The molecule has 0 bridgehead atoms. The molecular formula is C22H22N2O2. The first-order valence-electron chi connectivity index (χ1n) is 8.93. The number of para-hydroxylation sites is 2. The summed E-state index contributed by atoms with van der Waals surface area (Å²) in [5, 5.41) is 2.12. The predicted molar refractivity (Wildman–Crippen MR) is 105 cm³/mol. The summed E-state index contributed by atoms with van der Waals surface area (Å²) in [5.74, 6) is 0.989. The fourth-order valence-electron chi connectivity index (χ4n) is 3.62. The minimum Gasteiger partial charge on any atom is -0.495 e. The number of amides is 1. The van der Waals surface area contributed by atoms with Gasteiger partial charge in [-0.25, -0.2) is 0 Å². The normalized spacial score (nSPS) is 14.5. The van der Waals surface area contributed by atoms with Crippen LogP contribution in [0.25, 0.3) is 10.8 Å². The highest BCUT2D eigenvalue weighted by Crippen LogP contribution is 2.29. The third kappa shape index (κ3) is 2.99. The van der Waals surface area contributed by atoms with Crippen molar-refractivity contribution in [2.24, 2.45) is 0 Å². The molecule has 4 nitrogen and oxygen atoms in total. The highest BCUT2D eigenvalue weighted by Gasteiger charge is 2.24. The van der Waals surface area contributed by atoms with Gasteiger partial charge in [0.25, 0.3) is 5.91 Å². The van der Waals surface area contributed by atoms with Crippen LogP contribution in [0.1, 0.15) is 10.4 Å². The van der Waals surface area contributed by atoms with E-state index in [1.54, 1.807) is 7.11 Å². The topological polar surface area (TPSA) is 32.8 Å².